The summed E-state index contributed by atoms with van der Waals surface area (Å²) in [6.07, 6.45) is -2.52. The van der Waals surface area contributed by atoms with Crippen molar-refractivity contribution in [2.24, 2.45) is 0 Å². The molecule has 0 aliphatic carbocycles. The van der Waals surface area contributed by atoms with Gasteiger partial charge >= 0.3 is 0 Å². The summed E-state index contributed by atoms with van der Waals surface area (Å²) in [5, 5.41) is 0.480. The Bertz CT molecular complexity index is 429. The molecule has 1 rings (SSSR count). The van der Waals surface area contributed by atoms with Gasteiger partial charge in [0.05, 0.1) is 12.1 Å². The summed E-state index contributed by atoms with van der Waals surface area (Å²) in [4.78, 5) is 13.4. The highest BCUT2D eigenvalue weighted by Crippen LogP contribution is 2.19. The highest BCUT2D eigenvalue weighted by atomic mass is 127. The van der Waals surface area contributed by atoms with Gasteiger partial charge < -0.3 is 4.90 Å². The number of benzene rings is 1. The average molecular weight is 432 g/mol. The van der Waals surface area contributed by atoms with Crippen LogP contribution in [-0.4, -0.2) is 35.7 Å². The summed E-state index contributed by atoms with van der Waals surface area (Å²) in [5.41, 5.74) is 1.45. The van der Waals surface area contributed by atoms with Crippen LogP contribution in [0.2, 0.25) is 0 Å². The molecular weight excluding hydrogens is 419 g/mol. The maximum Gasteiger partial charge on any atom is 0.255 e. The van der Waals surface area contributed by atoms with Crippen LogP contribution in [0.5, 0.6) is 0 Å². The van der Waals surface area contributed by atoms with E-state index in [9.17, 15) is 13.6 Å². The minimum absolute atomic E-state index is 0.271. The zero-order valence-electron chi connectivity index (χ0n) is 9.80. The van der Waals surface area contributed by atoms with Crippen LogP contribution in [0.1, 0.15) is 15.9 Å². The second kappa shape index (κ2) is 7.37. The topological polar surface area (TPSA) is 20.3 Å². The van der Waals surface area contributed by atoms with Crippen molar-refractivity contribution in [1.82, 2.24) is 4.90 Å². The number of hydrogen-bond donors (Lipinski definition) is 0. The summed E-state index contributed by atoms with van der Waals surface area (Å²) in [7, 11) is 0. The van der Waals surface area contributed by atoms with Gasteiger partial charge in [-0.05, 0) is 41.1 Å². The lowest BCUT2D eigenvalue weighted by Crippen LogP contribution is -2.37. The summed E-state index contributed by atoms with van der Waals surface area (Å²) in [6.45, 7) is 1.63. The van der Waals surface area contributed by atoms with Crippen LogP contribution in [0, 0.1) is 10.5 Å². The van der Waals surface area contributed by atoms with Crippen molar-refractivity contribution in [3.05, 3.63) is 32.9 Å². The van der Waals surface area contributed by atoms with Crippen LogP contribution < -0.4 is 0 Å². The molecule has 0 heterocycles. The molecule has 0 aliphatic rings. The largest absolute Gasteiger partial charge is 0.332 e. The first-order valence-electron chi connectivity index (χ1n) is 5.36. The number of carbonyl (C=O) groups is 1. The molecule has 0 N–H and O–H groups in total. The van der Waals surface area contributed by atoms with Crippen molar-refractivity contribution in [3.8, 4) is 0 Å². The first kappa shape index (κ1) is 15.8. The average Bonchev–Trinajstić information content (AvgIpc) is 2.31. The monoisotopic (exact) mass is 431 g/mol. The van der Waals surface area contributed by atoms with E-state index in [1.165, 1.54) is 4.90 Å². The van der Waals surface area contributed by atoms with Gasteiger partial charge in [0.1, 0.15) is 0 Å². The van der Waals surface area contributed by atoms with E-state index in [2.05, 4.69) is 38.5 Å². The SMILES string of the molecule is Cc1cccc(C(=O)N(CCBr)CC(F)F)c1I. The molecule has 0 saturated heterocycles. The van der Waals surface area contributed by atoms with Gasteiger partial charge in [-0.1, -0.05) is 28.1 Å². The second-order valence-corrected chi connectivity index (χ2v) is 5.64. The summed E-state index contributed by atoms with van der Waals surface area (Å²) >= 11 is 5.24. The van der Waals surface area contributed by atoms with Crippen molar-refractivity contribution >= 4 is 44.4 Å². The molecule has 2 nitrogen and oxygen atoms in total. The van der Waals surface area contributed by atoms with Gasteiger partial charge in [-0.3, -0.25) is 4.79 Å². The molecule has 1 amide bonds. The van der Waals surface area contributed by atoms with Gasteiger partial charge in [-0.15, -0.1) is 0 Å². The third-order valence-electron chi connectivity index (χ3n) is 2.42. The highest BCUT2D eigenvalue weighted by Gasteiger charge is 2.21. The van der Waals surface area contributed by atoms with Crippen molar-refractivity contribution < 1.29 is 13.6 Å². The van der Waals surface area contributed by atoms with Crippen LogP contribution in [0.25, 0.3) is 0 Å². The van der Waals surface area contributed by atoms with E-state index >= 15 is 0 Å². The molecule has 0 aromatic heterocycles. The van der Waals surface area contributed by atoms with Crippen molar-refractivity contribution in [2.45, 2.75) is 13.3 Å². The van der Waals surface area contributed by atoms with Gasteiger partial charge in [-0.2, -0.15) is 0 Å². The van der Waals surface area contributed by atoms with Crippen molar-refractivity contribution in [1.29, 1.82) is 0 Å². The van der Waals surface area contributed by atoms with Crippen molar-refractivity contribution in [3.63, 3.8) is 0 Å². The molecule has 1 aromatic carbocycles. The van der Waals surface area contributed by atoms with Crippen LogP contribution in [0.4, 0.5) is 8.78 Å². The molecule has 0 fully saturated rings. The Morgan fingerprint density at radius 2 is 2.17 bits per heavy atom. The Balaban J connectivity index is 2.98. The maximum absolute atomic E-state index is 12.5. The number of alkyl halides is 3. The molecule has 1 aromatic rings. The highest BCUT2D eigenvalue weighted by molar-refractivity contribution is 14.1. The summed E-state index contributed by atoms with van der Waals surface area (Å²) < 4.78 is 25.7. The fraction of sp³-hybridized carbons (Fsp3) is 0.417. The molecule has 0 spiro atoms. The van der Waals surface area contributed by atoms with Gasteiger partial charge in [0.15, 0.2) is 0 Å². The number of carbonyl (C=O) groups excluding carboxylic acids is 1. The van der Waals surface area contributed by atoms with E-state index in [1.54, 1.807) is 12.1 Å². The van der Waals surface area contributed by atoms with E-state index in [-0.39, 0.29) is 12.5 Å². The minimum atomic E-state index is -2.52. The Labute approximate surface area is 127 Å². The van der Waals surface area contributed by atoms with Gasteiger partial charge in [0.25, 0.3) is 12.3 Å². The molecule has 6 heteroatoms. The van der Waals surface area contributed by atoms with Crippen LogP contribution in [-0.2, 0) is 0 Å². The number of halogens is 4. The predicted molar refractivity (Wildman–Crippen MR) is 79.6 cm³/mol. The van der Waals surface area contributed by atoms with Gasteiger partial charge in [-0.25, -0.2) is 8.78 Å². The Morgan fingerprint density at radius 3 is 2.72 bits per heavy atom. The van der Waals surface area contributed by atoms with Crippen molar-refractivity contribution in [2.75, 3.05) is 18.4 Å². The lowest BCUT2D eigenvalue weighted by Gasteiger charge is -2.22. The van der Waals surface area contributed by atoms with Gasteiger partial charge in [0, 0.05) is 15.4 Å². The Hall–Kier alpha value is -0.240. The van der Waals surface area contributed by atoms with Gasteiger partial charge in [0.2, 0.25) is 0 Å². The first-order chi connectivity index (χ1) is 8.47. The first-order valence-corrected chi connectivity index (χ1v) is 7.56. The van der Waals surface area contributed by atoms with E-state index in [0.717, 1.165) is 9.13 Å². The fourth-order valence-electron chi connectivity index (χ4n) is 1.53. The Kier molecular flexibility index (Phi) is 6.48. The zero-order chi connectivity index (χ0) is 13.7. The van der Waals surface area contributed by atoms with E-state index in [4.69, 9.17) is 0 Å². The predicted octanol–water partition coefficient (Wildman–Crippen LogP) is 3.70. The molecular formula is C12H13BrF2INO. The third kappa shape index (κ3) is 4.15. The number of amides is 1. The number of rotatable bonds is 5. The molecule has 0 atom stereocenters. The van der Waals surface area contributed by atoms with E-state index < -0.39 is 13.0 Å². The molecule has 18 heavy (non-hydrogen) atoms. The molecule has 0 unspecified atom stereocenters. The van der Waals surface area contributed by atoms with Crippen LogP contribution in [0.15, 0.2) is 18.2 Å². The molecule has 0 aliphatic heterocycles. The molecule has 100 valence electrons. The quantitative estimate of drug-likeness (QED) is 0.514. The molecule has 0 radical (unpaired) electrons. The third-order valence-corrected chi connectivity index (χ3v) is 4.21. The normalized spacial score (nSPS) is 10.8. The summed E-state index contributed by atoms with van der Waals surface area (Å²) in [6, 6.07) is 5.32. The number of nitrogens with zero attached hydrogens (tertiary/aromatic N) is 1. The van der Waals surface area contributed by atoms with E-state index in [0.29, 0.717) is 10.9 Å². The molecule has 0 saturated carbocycles. The Morgan fingerprint density at radius 1 is 1.50 bits per heavy atom. The maximum atomic E-state index is 12.5. The second-order valence-electron chi connectivity index (χ2n) is 3.77. The zero-order valence-corrected chi connectivity index (χ0v) is 13.5. The smallest absolute Gasteiger partial charge is 0.255 e. The van der Waals surface area contributed by atoms with Crippen LogP contribution in [0.3, 0.4) is 0 Å². The fourth-order valence-corrected chi connectivity index (χ4v) is 2.55. The number of hydrogen-bond acceptors (Lipinski definition) is 1. The lowest BCUT2D eigenvalue weighted by atomic mass is 10.1. The lowest BCUT2D eigenvalue weighted by molar-refractivity contribution is 0.0571. The standard InChI is InChI=1S/C12H13BrF2INO/c1-8-3-2-4-9(11(8)16)12(18)17(6-5-13)7-10(14)15/h2-4,10H,5-7H2,1H3. The number of aryl methyl sites for hydroxylation is 1. The van der Waals surface area contributed by atoms with Crippen LogP contribution >= 0.6 is 38.5 Å². The minimum Gasteiger partial charge on any atom is -0.332 e. The summed E-state index contributed by atoms with van der Waals surface area (Å²) in [5.74, 6) is -0.345. The molecule has 0 bridgehead atoms. The van der Waals surface area contributed by atoms with E-state index in [1.807, 2.05) is 13.0 Å².